The average Bonchev–Trinajstić information content (AvgIpc) is 2.99. The summed E-state index contributed by atoms with van der Waals surface area (Å²) in [6.45, 7) is 1.75. The molecule has 150 valence electrons. The fourth-order valence-corrected chi connectivity index (χ4v) is 3.26. The van der Waals surface area contributed by atoms with Crippen LogP contribution in [0.25, 0.3) is 11.2 Å². The molecular weight excluding hydrogens is 389 g/mol. The van der Waals surface area contributed by atoms with Gasteiger partial charge in [0.05, 0.1) is 6.54 Å². The number of nitrogens with zero attached hydrogens (tertiary/aromatic N) is 4. The van der Waals surface area contributed by atoms with Crippen LogP contribution in [0.4, 0.5) is 10.3 Å². The molecule has 0 radical (unpaired) electrons. The van der Waals surface area contributed by atoms with E-state index in [1.54, 1.807) is 6.07 Å². The average molecular weight is 410 g/mol. The number of aliphatic hydroxyl groups excluding tert-OH is 1. The zero-order chi connectivity index (χ0) is 20.6. The first kappa shape index (κ1) is 20.1. The summed E-state index contributed by atoms with van der Waals surface area (Å²) in [5.74, 6) is -0.223. The summed E-state index contributed by atoms with van der Waals surface area (Å²) >= 11 is 6.17. The van der Waals surface area contributed by atoms with E-state index in [0.29, 0.717) is 6.42 Å². The first-order valence-corrected chi connectivity index (χ1v) is 9.10. The van der Waals surface area contributed by atoms with E-state index in [-0.39, 0.29) is 46.9 Å². The van der Waals surface area contributed by atoms with Crippen molar-refractivity contribution in [2.75, 3.05) is 11.9 Å². The van der Waals surface area contributed by atoms with Gasteiger partial charge in [-0.05, 0) is 25.5 Å². The van der Waals surface area contributed by atoms with Gasteiger partial charge in [0.15, 0.2) is 11.2 Å². The topological polar surface area (TPSA) is 94.1 Å². The summed E-state index contributed by atoms with van der Waals surface area (Å²) in [6.07, 6.45) is 0.445. The standard InChI is InChI=1S/C18H21ClFN5O3/c1-10(7-8-26)21-17-22-15-14(16(27)24(3)18(28)23(15)2)25(17)9-11-12(19)5-4-6-13(11)20/h4-6,10,26H,7-9H2,1-3H3,(H,21,22). The Hall–Kier alpha value is -2.65. The first-order valence-electron chi connectivity index (χ1n) is 8.72. The number of hydrogen-bond acceptors (Lipinski definition) is 5. The molecule has 0 aliphatic rings. The maximum absolute atomic E-state index is 14.4. The highest BCUT2D eigenvalue weighted by molar-refractivity contribution is 6.31. The maximum Gasteiger partial charge on any atom is 0.332 e. The minimum absolute atomic E-state index is 0.0339. The molecule has 0 saturated heterocycles. The summed E-state index contributed by atoms with van der Waals surface area (Å²) in [7, 11) is 2.89. The molecule has 0 amide bonds. The van der Waals surface area contributed by atoms with E-state index in [9.17, 15) is 14.0 Å². The minimum Gasteiger partial charge on any atom is -0.396 e. The van der Waals surface area contributed by atoms with Crippen LogP contribution in [0.3, 0.4) is 0 Å². The predicted molar refractivity (Wildman–Crippen MR) is 106 cm³/mol. The number of hydrogen-bond donors (Lipinski definition) is 2. The number of halogens is 2. The lowest BCUT2D eigenvalue weighted by atomic mass is 10.2. The largest absolute Gasteiger partial charge is 0.396 e. The Morgan fingerprint density at radius 2 is 2.00 bits per heavy atom. The SMILES string of the molecule is CC(CCO)Nc1nc2c(c(=O)n(C)c(=O)n2C)n1Cc1c(F)cccc1Cl. The van der Waals surface area contributed by atoms with Gasteiger partial charge < -0.3 is 10.4 Å². The number of benzene rings is 1. The van der Waals surface area contributed by atoms with Gasteiger partial charge in [-0.3, -0.25) is 18.5 Å². The lowest BCUT2D eigenvalue weighted by molar-refractivity contribution is 0.282. The van der Waals surface area contributed by atoms with Crippen LogP contribution < -0.4 is 16.6 Å². The molecule has 8 nitrogen and oxygen atoms in total. The maximum atomic E-state index is 14.4. The molecule has 1 atom stereocenters. The smallest absolute Gasteiger partial charge is 0.332 e. The van der Waals surface area contributed by atoms with Crippen LogP contribution in [0.5, 0.6) is 0 Å². The number of nitrogens with one attached hydrogen (secondary N) is 1. The van der Waals surface area contributed by atoms with Gasteiger partial charge in [-0.2, -0.15) is 4.98 Å². The zero-order valence-corrected chi connectivity index (χ0v) is 16.5. The molecule has 0 fully saturated rings. The van der Waals surface area contributed by atoms with Gasteiger partial charge >= 0.3 is 5.69 Å². The summed E-state index contributed by atoms with van der Waals surface area (Å²) in [5, 5.41) is 12.5. The summed E-state index contributed by atoms with van der Waals surface area (Å²) in [4.78, 5) is 29.5. The number of aromatic nitrogens is 4. The molecule has 3 rings (SSSR count). The monoisotopic (exact) mass is 409 g/mol. The van der Waals surface area contributed by atoms with E-state index < -0.39 is 17.1 Å². The molecule has 1 aromatic carbocycles. The van der Waals surface area contributed by atoms with Crippen LogP contribution >= 0.6 is 11.6 Å². The van der Waals surface area contributed by atoms with Crippen molar-refractivity contribution in [1.29, 1.82) is 0 Å². The normalized spacial score (nSPS) is 12.5. The van der Waals surface area contributed by atoms with Crippen LogP contribution in [0.2, 0.25) is 5.02 Å². The second kappa shape index (κ2) is 7.76. The van der Waals surface area contributed by atoms with Gasteiger partial charge in [-0.25, -0.2) is 9.18 Å². The molecule has 0 aliphatic heterocycles. The Kier molecular flexibility index (Phi) is 5.57. The van der Waals surface area contributed by atoms with Crippen molar-refractivity contribution >= 4 is 28.7 Å². The number of anilines is 1. The quantitative estimate of drug-likeness (QED) is 0.642. The number of aryl methyl sites for hydroxylation is 1. The van der Waals surface area contributed by atoms with Crippen LogP contribution in [0, 0.1) is 5.82 Å². The van der Waals surface area contributed by atoms with Crippen molar-refractivity contribution in [1.82, 2.24) is 18.7 Å². The summed E-state index contributed by atoms with van der Waals surface area (Å²) < 4.78 is 18.1. The lowest BCUT2D eigenvalue weighted by Crippen LogP contribution is -2.37. The Bertz CT molecular complexity index is 1130. The molecule has 28 heavy (non-hydrogen) atoms. The molecule has 2 aromatic heterocycles. The fraction of sp³-hybridized carbons (Fsp3) is 0.389. The van der Waals surface area contributed by atoms with Crippen molar-refractivity contribution in [3.63, 3.8) is 0 Å². The predicted octanol–water partition coefficient (Wildman–Crippen LogP) is 1.46. The summed E-state index contributed by atoms with van der Waals surface area (Å²) in [5.41, 5.74) is -0.513. The Labute approximate surface area is 164 Å². The third-order valence-electron chi connectivity index (χ3n) is 4.66. The van der Waals surface area contributed by atoms with E-state index in [1.807, 2.05) is 6.92 Å². The number of rotatable bonds is 6. The Morgan fingerprint density at radius 1 is 1.29 bits per heavy atom. The van der Waals surface area contributed by atoms with Crippen molar-refractivity contribution in [3.8, 4) is 0 Å². The van der Waals surface area contributed by atoms with E-state index in [0.717, 1.165) is 4.57 Å². The van der Waals surface area contributed by atoms with Crippen LogP contribution in [-0.4, -0.2) is 36.4 Å². The zero-order valence-electron chi connectivity index (χ0n) is 15.7. The van der Waals surface area contributed by atoms with Gasteiger partial charge in [-0.15, -0.1) is 0 Å². The van der Waals surface area contributed by atoms with E-state index in [2.05, 4.69) is 10.3 Å². The molecule has 2 heterocycles. The van der Waals surface area contributed by atoms with E-state index in [4.69, 9.17) is 16.7 Å². The third-order valence-corrected chi connectivity index (χ3v) is 5.02. The number of imidazole rings is 1. The molecule has 0 saturated carbocycles. The molecule has 3 aromatic rings. The van der Waals surface area contributed by atoms with Crippen LogP contribution in [0.1, 0.15) is 18.9 Å². The van der Waals surface area contributed by atoms with Gasteiger partial charge in [0, 0.05) is 37.3 Å². The molecule has 10 heteroatoms. The van der Waals surface area contributed by atoms with Crippen LogP contribution in [-0.2, 0) is 20.6 Å². The van der Waals surface area contributed by atoms with Gasteiger partial charge in [-0.1, -0.05) is 17.7 Å². The molecular formula is C18H21ClFN5O3. The molecule has 2 N–H and O–H groups in total. The third kappa shape index (κ3) is 3.43. The Balaban J connectivity index is 2.28. The highest BCUT2D eigenvalue weighted by Gasteiger charge is 2.21. The van der Waals surface area contributed by atoms with E-state index in [1.165, 1.54) is 35.4 Å². The fourth-order valence-electron chi connectivity index (χ4n) is 3.04. The number of aliphatic hydroxyl groups is 1. The lowest BCUT2D eigenvalue weighted by Gasteiger charge is -2.16. The minimum atomic E-state index is -0.541. The highest BCUT2D eigenvalue weighted by atomic mass is 35.5. The van der Waals surface area contributed by atoms with Crippen molar-refractivity contribution in [2.24, 2.45) is 14.1 Å². The highest BCUT2D eigenvalue weighted by Crippen LogP contribution is 2.24. The number of fused-ring (bicyclic) bond motifs is 1. The van der Waals surface area contributed by atoms with Gasteiger partial charge in [0.1, 0.15) is 5.82 Å². The molecule has 0 bridgehead atoms. The van der Waals surface area contributed by atoms with Crippen LogP contribution in [0.15, 0.2) is 27.8 Å². The van der Waals surface area contributed by atoms with Crippen molar-refractivity contribution in [3.05, 3.63) is 55.4 Å². The van der Waals surface area contributed by atoms with Gasteiger partial charge in [0.2, 0.25) is 5.95 Å². The second-order valence-electron chi connectivity index (χ2n) is 6.66. The molecule has 1 unspecified atom stereocenters. The van der Waals surface area contributed by atoms with E-state index >= 15 is 0 Å². The molecule has 0 spiro atoms. The second-order valence-corrected chi connectivity index (χ2v) is 7.06. The Morgan fingerprint density at radius 3 is 2.64 bits per heavy atom. The van der Waals surface area contributed by atoms with Crippen molar-refractivity contribution < 1.29 is 9.50 Å². The first-order chi connectivity index (χ1) is 13.3. The van der Waals surface area contributed by atoms with Gasteiger partial charge in [0.25, 0.3) is 5.56 Å². The summed E-state index contributed by atoms with van der Waals surface area (Å²) in [6, 6.07) is 4.18. The molecule has 0 aliphatic carbocycles. The van der Waals surface area contributed by atoms with Crippen molar-refractivity contribution in [2.45, 2.75) is 25.9 Å².